The lowest BCUT2D eigenvalue weighted by molar-refractivity contribution is 0.00545. The molecule has 4 heterocycles. The maximum atomic E-state index is 10.7. The Hall–Kier alpha value is -3.36. The van der Waals surface area contributed by atoms with Gasteiger partial charge in [0.25, 0.3) is 0 Å². The molecule has 0 unspecified atom stereocenters. The van der Waals surface area contributed by atoms with Crippen molar-refractivity contribution in [1.82, 2.24) is 28.9 Å². The maximum absolute atomic E-state index is 10.7. The van der Waals surface area contributed by atoms with E-state index in [9.17, 15) is 10.2 Å². The normalized spacial score (nSPS) is 23.9. The van der Waals surface area contributed by atoms with Gasteiger partial charge in [0.1, 0.15) is 30.1 Å². The molecular formula is C23H22N6O2. The van der Waals surface area contributed by atoms with Crippen LogP contribution in [0.1, 0.15) is 24.4 Å². The number of aromatic nitrogens is 6. The van der Waals surface area contributed by atoms with Gasteiger partial charge < -0.3 is 14.8 Å². The quantitative estimate of drug-likeness (QED) is 0.469. The molecule has 4 atom stereocenters. The summed E-state index contributed by atoms with van der Waals surface area (Å²) in [5.74, 6) is 0.0118. The summed E-state index contributed by atoms with van der Waals surface area (Å²) >= 11 is 0. The summed E-state index contributed by atoms with van der Waals surface area (Å²) < 4.78 is 3.88. The molecule has 8 heteroatoms. The van der Waals surface area contributed by atoms with Gasteiger partial charge in [-0.3, -0.25) is 4.40 Å². The first-order valence-electron chi connectivity index (χ1n) is 10.5. The van der Waals surface area contributed by atoms with Crippen LogP contribution in [0.5, 0.6) is 0 Å². The third kappa shape index (κ3) is 2.98. The van der Waals surface area contributed by atoms with E-state index in [-0.39, 0.29) is 12.0 Å². The summed E-state index contributed by atoms with van der Waals surface area (Å²) in [6.45, 7) is 0. The van der Waals surface area contributed by atoms with Crippen molar-refractivity contribution in [2.75, 3.05) is 0 Å². The van der Waals surface area contributed by atoms with Gasteiger partial charge in [0, 0.05) is 35.6 Å². The van der Waals surface area contributed by atoms with Crippen LogP contribution in [0, 0.1) is 5.92 Å². The number of benzene rings is 1. The zero-order valence-corrected chi connectivity index (χ0v) is 16.8. The van der Waals surface area contributed by atoms with Crippen molar-refractivity contribution in [3.63, 3.8) is 0 Å². The molecule has 1 fully saturated rings. The Morgan fingerprint density at radius 2 is 1.94 bits per heavy atom. The van der Waals surface area contributed by atoms with E-state index in [0.29, 0.717) is 6.42 Å². The molecule has 8 nitrogen and oxygen atoms in total. The van der Waals surface area contributed by atoms with Crippen LogP contribution in [0.25, 0.3) is 27.6 Å². The zero-order chi connectivity index (χ0) is 20.9. The number of hydrogen-bond acceptors (Lipinski definition) is 6. The Kier molecular flexibility index (Phi) is 4.22. The smallest absolute Gasteiger partial charge is 0.147 e. The van der Waals surface area contributed by atoms with Gasteiger partial charge in [-0.25, -0.2) is 19.9 Å². The molecule has 1 aliphatic rings. The Morgan fingerprint density at radius 3 is 2.87 bits per heavy atom. The first-order valence-corrected chi connectivity index (χ1v) is 10.5. The highest BCUT2D eigenvalue weighted by atomic mass is 16.3. The fraction of sp³-hybridized carbons (Fsp3) is 0.304. The average Bonchev–Trinajstić information content (AvgIpc) is 3.51. The minimum Gasteiger partial charge on any atom is -0.390 e. The van der Waals surface area contributed by atoms with Gasteiger partial charge in [0.05, 0.1) is 17.7 Å². The van der Waals surface area contributed by atoms with Crippen molar-refractivity contribution in [3.05, 3.63) is 67.3 Å². The number of hydrogen-bond donors (Lipinski definition) is 2. The summed E-state index contributed by atoms with van der Waals surface area (Å²) in [5, 5.41) is 23.4. The van der Waals surface area contributed by atoms with E-state index < -0.39 is 12.2 Å². The van der Waals surface area contributed by atoms with Gasteiger partial charge in [-0.15, -0.1) is 0 Å². The van der Waals surface area contributed by atoms with Gasteiger partial charge >= 0.3 is 0 Å². The molecule has 0 radical (unpaired) electrons. The van der Waals surface area contributed by atoms with Crippen molar-refractivity contribution in [1.29, 1.82) is 0 Å². The van der Waals surface area contributed by atoms with Gasteiger partial charge in [0.2, 0.25) is 0 Å². The van der Waals surface area contributed by atoms with Crippen molar-refractivity contribution in [2.45, 2.75) is 37.5 Å². The fourth-order valence-corrected chi connectivity index (χ4v) is 4.95. The molecule has 2 N–H and O–H groups in total. The highest BCUT2D eigenvalue weighted by molar-refractivity contribution is 5.91. The second kappa shape index (κ2) is 7.11. The molecule has 156 valence electrons. The first kappa shape index (κ1) is 18.4. The Balaban J connectivity index is 1.21. The van der Waals surface area contributed by atoms with Crippen LogP contribution in [-0.2, 0) is 6.42 Å². The van der Waals surface area contributed by atoms with E-state index in [2.05, 4.69) is 38.1 Å². The lowest BCUT2D eigenvalue weighted by Crippen LogP contribution is -2.29. The largest absolute Gasteiger partial charge is 0.390 e. The van der Waals surface area contributed by atoms with E-state index in [0.717, 1.165) is 40.4 Å². The molecule has 4 aromatic heterocycles. The molecule has 1 aliphatic carbocycles. The highest BCUT2D eigenvalue weighted by Crippen LogP contribution is 2.39. The summed E-state index contributed by atoms with van der Waals surface area (Å²) in [4.78, 5) is 17.4. The third-order valence-corrected chi connectivity index (χ3v) is 6.60. The molecule has 6 rings (SSSR count). The van der Waals surface area contributed by atoms with Crippen LogP contribution in [-0.4, -0.2) is 51.3 Å². The maximum Gasteiger partial charge on any atom is 0.147 e. The SMILES string of the molecule is O[C@@H]1[C@@H](CCc2ccc3c(c2)ncn2ccnc32)C[C@@H](n2ccc3cncnc32)[C@@H]1O. The molecule has 5 aromatic rings. The average molecular weight is 414 g/mol. The first-order chi connectivity index (χ1) is 15.2. The summed E-state index contributed by atoms with van der Waals surface area (Å²) in [6, 6.07) is 8.01. The Morgan fingerprint density at radius 1 is 1.00 bits per heavy atom. The molecule has 0 amide bonds. The van der Waals surface area contributed by atoms with Gasteiger partial charge in [-0.2, -0.15) is 0 Å². The third-order valence-electron chi connectivity index (χ3n) is 6.60. The number of aliphatic hydroxyl groups is 2. The lowest BCUT2D eigenvalue weighted by atomic mass is 9.95. The number of aliphatic hydroxyl groups excluding tert-OH is 2. The molecule has 1 saturated carbocycles. The van der Waals surface area contributed by atoms with E-state index in [1.165, 1.54) is 11.9 Å². The van der Waals surface area contributed by atoms with Crippen molar-refractivity contribution in [3.8, 4) is 0 Å². The summed E-state index contributed by atoms with van der Waals surface area (Å²) in [6.07, 6.45) is 11.4. The summed E-state index contributed by atoms with van der Waals surface area (Å²) in [5.41, 5.74) is 3.77. The van der Waals surface area contributed by atoms with Crippen LogP contribution >= 0.6 is 0 Å². The zero-order valence-electron chi connectivity index (χ0n) is 16.8. The molecule has 0 aliphatic heterocycles. The lowest BCUT2D eigenvalue weighted by Gasteiger charge is -2.18. The van der Waals surface area contributed by atoms with Crippen LogP contribution in [0.3, 0.4) is 0 Å². The van der Waals surface area contributed by atoms with Crippen LogP contribution in [0.2, 0.25) is 0 Å². The minimum atomic E-state index is -0.817. The molecule has 0 saturated heterocycles. The monoisotopic (exact) mass is 414 g/mol. The van der Waals surface area contributed by atoms with Gasteiger partial charge in [-0.1, -0.05) is 6.07 Å². The standard InChI is InChI=1S/C23H22N6O2/c30-20-15(10-19(21(20)31)29-7-5-16-11-24-12-26-22(16)29)3-1-14-2-4-17-18(9-14)27-13-28-8-6-25-23(17)28/h2,4-9,11-13,15,19-21,30-31H,1,3,10H2/t15-,19+,20+,21-/m0/s1. The van der Waals surface area contributed by atoms with E-state index in [1.807, 2.05) is 27.4 Å². The molecule has 31 heavy (non-hydrogen) atoms. The van der Waals surface area contributed by atoms with Crippen molar-refractivity contribution >= 4 is 27.6 Å². The summed E-state index contributed by atoms with van der Waals surface area (Å²) in [7, 11) is 0. The van der Waals surface area contributed by atoms with Crippen LogP contribution in [0.15, 0.2) is 61.7 Å². The van der Waals surface area contributed by atoms with E-state index >= 15 is 0 Å². The second-order valence-corrected chi connectivity index (χ2v) is 8.36. The van der Waals surface area contributed by atoms with Gasteiger partial charge in [0.15, 0.2) is 0 Å². The Bertz CT molecular complexity index is 1390. The number of aryl methyl sites for hydroxylation is 1. The van der Waals surface area contributed by atoms with Crippen molar-refractivity contribution < 1.29 is 10.2 Å². The molecule has 0 spiro atoms. The predicted molar refractivity (Wildman–Crippen MR) is 115 cm³/mol. The second-order valence-electron chi connectivity index (χ2n) is 8.36. The molecule has 0 bridgehead atoms. The predicted octanol–water partition coefficient (Wildman–Crippen LogP) is 2.54. The van der Waals surface area contributed by atoms with E-state index in [1.54, 1.807) is 18.7 Å². The Labute approximate surface area is 177 Å². The van der Waals surface area contributed by atoms with Crippen LogP contribution in [0.4, 0.5) is 0 Å². The number of fused-ring (bicyclic) bond motifs is 4. The van der Waals surface area contributed by atoms with Crippen molar-refractivity contribution in [2.24, 2.45) is 5.92 Å². The van der Waals surface area contributed by atoms with Crippen LogP contribution < -0.4 is 0 Å². The highest BCUT2D eigenvalue weighted by Gasteiger charge is 2.42. The topological polar surface area (TPSA) is 101 Å². The number of nitrogens with zero attached hydrogens (tertiary/aromatic N) is 6. The number of rotatable bonds is 4. The number of imidazole rings is 1. The molecule has 1 aromatic carbocycles. The fourth-order valence-electron chi connectivity index (χ4n) is 4.95. The van der Waals surface area contributed by atoms with Gasteiger partial charge in [-0.05, 0) is 48.9 Å². The molecular weight excluding hydrogens is 392 g/mol. The van der Waals surface area contributed by atoms with E-state index in [4.69, 9.17) is 0 Å². The minimum absolute atomic E-state index is 0.0118.